The fourth-order valence-corrected chi connectivity index (χ4v) is 4.90. The molecule has 11 heteroatoms. The van der Waals surface area contributed by atoms with Crippen LogP contribution in [0.2, 0.25) is 0 Å². The predicted molar refractivity (Wildman–Crippen MR) is 111 cm³/mol. The summed E-state index contributed by atoms with van der Waals surface area (Å²) in [6.07, 6.45) is 2.03. The summed E-state index contributed by atoms with van der Waals surface area (Å²) in [7, 11) is 0. The van der Waals surface area contributed by atoms with Crippen molar-refractivity contribution < 1.29 is 23.1 Å². The lowest BCUT2D eigenvalue weighted by Gasteiger charge is -2.33. The fraction of sp³-hybridized carbons (Fsp3) is 0.333. The van der Waals surface area contributed by atoms with Crippen LogP contribution in [0.25, 0.3) is 10.2 Å². The number of alkyl halides is 1. The van der Waals surface area contributed by atoms with Crippen LogP contribution in [0.4, 0.5) is 8.78 Å². The first-order valence-corrected chi connectivity index (χ1v) is 10.8. The topological polar surface area (TPSA) is 108 Å². The maximum absolute atomic E-state index is 14.3. The summed E-state index contributed by atoms with van der Waals surface area (Å²) in [4.78, 5) is 30.9. The van der Waals surface area contributed by atoms with Gasteiger partial charge in [0.2, 0.25) is 11.7 Å². The van der Waals surface area contributed by atoms with E-state index in [0.29, 0.717) is 21.8 Å². The summed E-state index contributed by atoms with van der Waals surface area (Å²) in [5.74, 6) is -1.48. The third-order valence-corrected chi connectivity index (χ3v) is 6.42. The second kappa shape index (κ2) is 7.45. The molecule has 0 bridgehead atoms. The van der Waals surface area contributed by atoms with Crippen LogP contribution in [0, 0.1) is 5.82 Å². The summed E-state index contributed by atoms with van der Waals surface area (Å²) in [6, 6.07) is 3.98. The highest BCUT2D eigenvalue weighted by molar-refractivity contribution is 7.18. The van der Waals surface area contributed by atoms with Crippen LogP contribution in [0.15, 0.2) is 28.9 Å². The molecule has 1 aliphatic heterocycles. The number of aromatic nitrogens is 4. The molecule has 0 unspecified atom stereocenters. The number of aliphatic hydroxyl groups is 1. The summed E-state index contributed by atoms with van der Waals surface area (Å²) in [6.45, 7) is 2.12. The number of imidazole rings is 1. The fourth-order valence-electron chi connectivity index (χ4n) is 3.80. The number of nitrogens with one attached hydrogen (secondary N) is 1. The van der Waals surface area contributed by atoms with Crippen molar-refractivity contribution in [2.24, 2.45) is 0 Å². The van der Waals surface area contributed by atoms with E-state index >= 15 is 0 Å². The van der Waals surface area contributed by atoms with E-state index in [2.05, 4.69) is 19.9 Å². The van der Waals surface area contributed by atoms with Crippen LogP contribution >= 0.6 is 11.3 Å². The van der Waals surface area contributed by atoms with Crippen molar-refractivity contribution in [1.29, 1.82) is 0 Å². The highest BCUT2D eigenvalue weighted by Gasteiger charge is 2.39. The molecule has 1 aromatic carbocycles. The molecule has 4 heterocycles. The number of aromatic amines is 1. The van der Waals surface area contributed by atoms with E-state index in [4.69, 9.17) is 4.42 Å². The molecule has 5 rings (SSSR count). The molecule has 166 valence electrons. The number of rotatable bonds is 4. The number of benzene rings is 1. The maximum atomic E-state index is 14.3. The van der Waals surface area contributed by atoms with E-state index in [1.54, 1.807) is 12.1 Å². The van der Waals surface area contributed by atoms with Gasteiger partial charge in [0.25, 0.3) is 5.91 Å². The number of hydrogen-bond acceptors (Lipinski definition) is 7. The van der Waals surface area contributed by atoms with Crippen molar-refractivity contribution in [1.82, 2.24) is 24.8 Å². The number of carbonyl (C=O) groups excluding carboxylic acids is 1. The number of halogens is 2. The van der Waals surface area contributed by atoms with Crippen molar-refractivity contribution in [2.45, 2.75) is 38.6 Å². The lowest BCUT2D eigenvalue weighted by Crippen LogP contribution is -2.41. The molecule has 8 nitrogen and oxygen atoms in total. The molecule has 0 fully saturated rings. The largest absolute Gasteiger partial charge is 0.432 e. The Morgan fingerprint density at radius 1 is 1.41 bits per heavy atom. The number of H-pyrrole nitrogens is 1. The minimum absolute atomic E-state index is 0.149. The second-order valence-electron chi connectivity index (χ2n) is 8.04. The SMILES string of the molecule is CC(C)(O)c1nc(CF)c(C(=O)N2CCc3[nH]cnc3[C@H]2c2nc3c(F)cccc3s2)o1. The molecule has 1 aliphatic rings. The van der Waals surface area contributed by atoms with Gasteiger partial charge in [0, 0.05) is 18.7 Å². The molecule has 0 radical (unpaired) electrons. The van der Waals surface area contributed by atoms with Crippen molar-refractivity contribution in [2.75, 3.05) is 6.54 Å². The molecule has 32 heavy (non-hydrogen) atoms. The maximum Gasteiger partial charge on any atom is 0.292 e. The molecule has 0 spiro atoms. The highest BCUT2D eigenvalue weighted by atomic mass is 32.1. The first kappa shape index (κ1) is 20.7. The number of thiazole rings is 1. The summed E-state index contributed by atoms with van der Waals surface area (Å²) in [5.41, 5.74) is -0.0127. The summed E-state index contributed by atoms with van der Waals surface area (Å²) in [5, 5.41) is 10.7. The molecule has 1 amide bonds. The average Bonchev–Trinajstić information content (AvgIpc) is 3.49. The number of fused-ring (bicyclic) bond motifs is 2. The average molecular weight is 459 g/mol. The normalized spacial score (nSPS) is 16.5. The molecule has 1 atom stereocenters. The first-order valence-electron chi connectivity index (χ1n) is 9.94. The number of carbonyl (C=O) groups is 1. The predicted octanol–water partition coefficient (Wildman–Crippen LogP) is 3.63. The van der Waals surface area contributed by atoms with E-state index in [-0.39, 0.29) is 29.4 Å². The zero-order valence-electron chi connectivity index (χ0n) is 17.2. The Morgan fingerprint density at radius 2 is 2.22 bits per heavy atom. The standard InChI is InChI=1S/C21H19F2N5O3S/c1-21(2,30)20-26-12(8-22)17(31-20)19(29)28-7-6-11-15(25-9-24-11)16(28)18-27-14-10(23)4-3-5-13(14)32-18/h3-5,9,16,30H,6-8H2,1-2H3,(H,24,25)/t16-/m0/s1. The van der Waals surface area contributed by atoms with Crippen molar-refractivity contribution in [3.8, 4) is 0 Å². The Kier molecular flexibility index (Phi) is 4.82. The zero-order chi connectivity index (χ0) is 22.6. The molecule has 3 aromatic heterocycles. The third-order valence-electron chi connectivity index (χ3n) is 5.35. The second-order valence-corrected chi connectivity index (χ2v) is 9.11. The molecule has 0 saturated heterocycles. The minimum Gasteiger partial charge on any atom is -0.432 e. The number of nitrogens with zero attached hydrogens (tertiary/aromatic N) is 4. The van der Waals surface area contributed by atoms with Gasteiger partial charge in [0.05, 0.1) is 16.7 Å². The summed E-state index contributed by atoms with van der Waals surface area (Å²) >= 11 is 1.26. The molecule has 4 aromatic rings. The van der Waals surface area contributed by atoms with Crippen LogP contribution in [-0.2, 0) is 18.7 Å². The molecular formula is C21H19F2N5O3S. The van der Waals surface area contributed by atoms with Gasteiger partial charge in [0.15, 0.2) is 0 Å². The Bertz CT molecular complexity index is 1320. The highest BCUT2D eigenvalue weighted by Crippen LogP contribution is 2.39. The Morgan fingerprint density at radius 3 is 2.94 bits per heavy atom. The molecule has 2 N–H and O–H groups in total. The van der Waals surface area contributed by atoms with Crippen molar-refractivity contribution >= 4 is 27.5 Å². The van der Waals surface area contributed by atoms with E-state index in [9.17, 15) is 18.7 Å². The van der Waals surface area contributed by atoms with Crippen molar-refractivity contribution in [3.05, 3.63) is 64.1 Å². The third kappa shape index (κ3) is 3.28. The van der Waals surface area contributed by atoms with Gasteiger partial charge in [-0.15, -0.1) is 11.3 Å². The van der Waals surface area contributed by atoms with Crippen molar-refractivity contribution in [3.63, 3.8) is 0 Å². The van der Waals surface area contributed by atoms with Gasteiger partial charge in [-0.25, -0.2) is 23.7 Å². The number of para-hydroxylation sites is 1. The van der Waals surface area contributed by atoms with E-state index in [1.165, 1.54) is 42.5 Å². The van der Waals surface area contributed by atoms with Gasteiger partial charge in [0.1, 0.15) is 40.4 Å². The lowest BCUT2D eigenvalue weighted by atomic mass is 10.0. The minimum atomic E-state index is -1.48. The molecule has 0 saturated carbocycles. The van der Waals surface area contributed by atoms with Gasteiger partial charge in [-0.3, -0.25) is 4.79 Å². The van der Waals surface area contributed by atoms with Crippen LogP contribution in [0.1, 0.15) is 58.4 Å². The van der Waals surface area contributed by atoms with Crippen LogP contribution in [0.5, 0.6) is 0 Å². The van der Waals surface area contributed by atoms with E-state index in [0.717, 1.165) is 5.69 Å². The van der Waals surface area contributed by atoms with Crippen LogP contribution < -0.4 is 0 Å². The molecule has 0 aliphatic carbocycles. The van der Waals surface area contributed by atoms with Gasteiger partial charge in [-0.1, -0.05) is 6.07 Å². The number of oxazole rings is 1. The van der Waals surface area contributed by atoms with Crippen LogP contribution in [-0.4, -0.2) is 42.4 Å². The van der Waals surface area contributed by atoms with Gasteiger partial charge >= 0.3 is 0 Å². The zero-order valence-corrected chi connectivity index (χ0v) is 18.0. The van der Waals surface area contributed by atoms with Gasteiger partial charge in [-0.2, -0.15) is 0 Å². The Hall–Kier alpha value is -3.18. The number of hydrogen-bond donors (Lipinski definition) is 2. The molecular weight excluding hydrogens is 440 g/mol. The quantitative estimate of drug-likeness (QED) is 0.483. The van der Waals surface area contributed by atoms with E-state index < -0.39 is 30.0 Å². The lowest BCUT2D eigenvalue weighted by molar-refractivity contribution is 0.0441. The monoisotopic (exact) mass is 459 g/mol. The van der Waals surface area contributed by atoms with Gasteiger partial charge < -0.3 is 19.4 Å². The smallest absolute Gasteiger partial charge is 0.292 e. The Labute approximate surface area is 184 Å². The number of amides is 1. The summed E-state index contributed by atoms with van der Waals surface area (Å²) < 4.78 is 34.1. The van der Waals surface area contributed by atoms with Gasteiger partial charge in [-0.05, 0) is 26.0 Å². The Balaban J connectivity index is 1.62. The first-order chi connectivity index (χ1) is 15.3. The van der Waals surface area contributed by atoms with Crippen LogP contribution in [0.3, 0.4) is 0 Å². The van der Waals surface area contributed by atoms with E-state index in [1.807, 2.05) is 0 Å².